The highest BCUT2D eigenvalue weighted by atomic mass is 19.3. The number of hydrogen-bond donors (Lipinski definition) is 0. The first-order valence-corrected chi connectivity index (χ1v) is 10.4. The molecule has 162 valence electrons. The number of alkyl halides is 2. The van der Waals surface area contributed by atoms with Crippen LogP contribution in [0.15, 0.2) is 6.07 Å². The number of fused-ring (bicyclic) bond motifs is 3. The smallest absolute Gasteiger partial charge is 0.255 e. The average molecular weight is 413 g/mol. The molecule has 1 aromatic carbocycles. The molecule has 4 nitrogen and oxygen atoms in total. The second-order valence-electron chi connectivity index (χ2n) is 9.48. The predicted octanol–water partition coefficient (Wildman–Crippen LogP) is 4.89. The molecule has 2 atom stereocenters. The summed E-state index contributed by atoms with van der Waals surface area (Å²) in [6, 6.07) is 1.95. The van der Waals surface area contributed by atoms with E-state index >= 15 is 4.39 Å². The van der Waals surface area contributed by atoms with Crippen LogP contribution in [-0.4, -0.2) is 48.8 Å². The van der Waals surface area contributed by atoms with E-state index in [0.717, 1.165) is 31.5 Å². The number of methoxy groups -OCH3 is 1. The van der Waals surface area contributed by atoms with Crippen molar-refractivity contribution in [2.24, 2.45) is 0 Å². The molecule has 1 aromatic rings. The molecule has 7 heteroatoms. The minimum absolute atomic E-state index is 0.0232. The molecule has 0 radical (unpaired) electrons. The molecule has 3 aliphatic rings. The SMILES string of the molecule is COc1cc2c(c(F)c1OC1CC(F)(F)C1)CCN1CC(OC(C)(C)C)CCC21. The lowest BCUT2D eigenvalue weighted by molar-refractivity contribution is -0.135. The highest BCUT2D eigenvalue weighted by Gasteiger charge is 2.48. The van der Waals surface area contributed by atoms with Crippen molar-refractivity contribution >= 4 is 0 Å². The van der Waals surface area contributed by atoms with Gasteiger partial charge < -0.3 is 14.2 Å². The predicted molar refractivity (Wildman–Crippen MR) is 103 cm³/mol. The summed E-state index contributed by atoms with van der Waals surface area (Å²) in [4.78, 5) is 2.36. The summed E-state index contributed by atoms with van der Waals surface area (Å²) in [5.41, 5.74) is 1.36. The van der Waals surface area contributed by atoms with Crippen molar-refractivity contribution in [3.8, 4) is 11.5 Å². The zero-order valence-electron chi connectivity index (χ0n) is 17.6. The van der Waals surface area contributed by atoms with E-state index in [4.69, 9.17) is 14.2 Å². The maximum absolute atomic E-state index is 15.3. The van der Waals surface area contributed by atoms with Crippen LogP contribution in [0.2, 0.25) is 0 Å². The Labute approximate surface area is 170 Å². The van der Waals surface area contributed by atoms with Gasteiger partial charge in [0.25, 0.3) is 5.92 Å². The molecule has 0 spiro atoms. The Morgan fingerprint density at radius 1 is 1.14 bits per heavy atom. The zero-order valence-corrected chi connectivity index (χ0v) is 17.6. The van der Waals surface area contributed by atoms with Gasteiger partial charge in [-0.15, -0.1) is 0 Å². The lowest BCUT2D eigenvalue weighted by Gasteiger charge is -2.45. The van der Waals surface area contributed by atoms with E-state index < -0.39 is 17.8 Å². The van der Waals surface area contributed by atoms with Crippen LogP contribution in [0.1, 0.15) is 63.6 Å². The lowest BCUT2D eigenvalue weighted by atomic mass is 9.85. The maximum Gasteiger partial charge on any atom is 0.255 e. The fourth-order valence-corrected chi connectivity index (χ4v) is 4.79. The van der Waals surface area contributed by atoms with Gasteiger partial charge in [-0.2, -0.15) is 0 Å². The monoisotopic (exact) mass is 413 g/mol. The third-order valence-electron chi connectivity index (χ3n) is 6.05. The number of hydrogen-bond acceptors (Lipinski definition) is 4. The number of halogens is 3. The minimum Gasteiger partial charge on any atom is -0.493 e. The molecular formula is C22H30F3NO3. The molecule has 0 bridgehead atoms. The van der Waals surface area contributed by atoms with Crippen molar-refractivity contribution in [3.05, 3.63) is 23.0 Å². The molecule has 0 N–H and O–H groups in total. The average Bonchev–Trinajstić information content (AvgIpc) is 2.60. The minimum atomic E-state index is -2.71. The number of rotatable bonds is 4. The maximum atomic E-state index is 15.3. The van der Waals surface area contributed by atoms with Crippen LogP contribution in [0.25, 0.3) is 0 Å². The summed E-state index contributed by atoms with van der Waals surface area (Å²) >= 11 is 0. The molecule has 2 aliphatic heterocycles. The first-order valence-electron chi connectivity index (χ1n) is 10.4. The summed E-state index contributed by atoms with van der Waals surface area (Å²) in [7, 11) is 1.46. The first kappa shape index (κ1) is 20.8. The van der Waals surface area contributed by atoms with E-state index in [1.807, 2.05) is 6.07 Å². The summed E-state index contributed by atoms with van der Waals surface area (Å²) in [5.74, 6) is -2.91. The third kappa shape index (κ3) is 4.22. The van der Waals surface area contributed by atoms with Crippen LogP contribution in [0, 0.1) is 5.82 Å². The van der Waals surface area contributed by atoms with Gasteiger partial charge in [-0.25, -0.2) is 13.2 Å². The van der Waals surface area contributed by atoms with Crippen molar-refractivity contribution in [3.63, 3.8) is 0 Å². The van der Waals surface area contributed by atoms with Gasteiger partial charge in [0.2, 0.25) is 0 Å². The van der Waals surface area contributed by atoms with Crippen molar-refractivity contribution in [2.45, 2.75) is 82.6 Å². The van der Waals surface area contributed by atoms with Crippen LogP contribution in [0.3, 0.4) is 0 Å². The van der Waals surface area contributed by atoms with Crippen LogP contribution < -0.4 is 9.47 Å². The topological polar surface area (TPSA) is 30.9 Å². The second kappa shape index (κ2) is 7.34. The van der Waals surface area contributed by atoms with Crippen molar-refractivity contribution in [2.75, 3.05) is 20.2 Å². The second-order valence-corrected chi connectivity index (χ2v) is 9.48. The molecule has 0 aromatic heterocycles. The number of piperidine rings is 1. The number of ether oxygens (including phenoxy) is 3. The molecule has 1 saturated carbocycles. The summed E-state index contributed by atoms with van der Waals surface area (Å²) in [6.07, 6.45) is 1.10. The quantitative estimate of drug-likeness (QED) is 0.704. The van der Waals surface area contributed by atoms with E-state index in [2.05, 4.69) is 25.7 Å². The van der Waals surface area contributed by atoms with Gasteiger partial charge in [-0.3, -0.25) is 4.90 Å². The molecule has 2 heterocycles. The standard InChI is InChI=1S/C22H30F3NO3/c1-21(2,3)29-13-5-6-17-16-9-18(27-4)20(28-14-10-22(24,25)11-14)19(23)15(16)7-8-26(17)12-13/h9,13-14,17H,5-8,10-12H2,1-4H3. The Hall–Kier alpha value is -1.47. The molecule has 2 unspecified atom stereocenters. The van der Waals surface area contributed by atoms with Gasteiger partial charge in [-0.05, 0) is 57.2 Å². The zero-order chi connectivity index (χ0) is 21.0. The summed E-state index contributed by atoms with van der Waals surface area (Å²) < 4.78 is 58.8. The normalized spacial score (nSPS) is 27.0. The Balaban J connectivity index is 1.55. The Morgan fingerprint density at radius 2 is 1.86 bits per heavy atom. The van der Waals surface area contributed by atoms with E-state index in [0.29, 0.717) is 12.0 Å². The summed E-state index contributed by atoms with van der Waals surface area (Å²) in [5, 5.41) is 0. The molecule has 2 fully saturated rings. The highest BCUT2D eigenvalue weighted by molar-refractivity contribution is 5.51. The Bertz CT molecular complexity index is 770. The Kier molecular flexibility index (Phi) is 5.26. The van der Waals surface area contributed by atoms with Crippen molar-refractivity contribution in [1.82, 2.24) is 4.90 Å². The van der Waals surface area contributed by atoms with Gasteiger partial charge in [0, 0.05) is 32.0 Å². The van der Waals surface area contributed by atoms with Crippen molar-refractivity contribution in [1.29, 1.82) is 0 Å². The fourth-order valence-electron chi connectivity index (χ4n) is 4.79. The van der Waals surface area contributed by atoms with Crippen molar-refractivity contribution < 1.29 is 27.4 Å². The van der Waals surface area contributed by atoms with Gasteiger partial charge in [0.05, 0.1) is 18.8 Å². The van der Waals surface area contributed by atoms with E-state index in [1.165, 1.54) is 7.11 Å². The molecule has 1 aliphatic carbocycles. The number of benzene rings is 1. The van der Waals surface area contributed by atoms with Gasteiger partial charge >= 0.3 is 0 Å². The van der Waals surface area contributed by atoms with E-state index in [9.17, 15) is 8.78 Å². The summed E-state index contributed by atoms with van der Waals surface area (Å²) in [6.45, 7) is 7.74. The molecule has 0 amide bonds. The molecule has 29 heavy (non-hydrogen) atoms. The van der Waals surface area contributed by atoms with Gasteiger partial charge in [0.15, 0.2) is 17.3 Å². The lowest BCUT2D eigenvalue weighted by Crippen LogP contribution is -2.47. The Morgan fingerprint density at radius 3 is 2.48 bits per heavy atom. The van der Waals surface area contributed by atoms with Gasteiger partial charge in [-0.1, -0.05) is 0 Å². The highest BCUT2D eigenvalue weighted by Crippen LogP contribution is 2.47. The molecule has 4 rings (SSSR count). The number of nitrogens with zero attached hydrogens (tertiary/aromatic N) is 1. The van der Waals surface area contributed by atoms with Gasteiger partial charge in [0.1, 0.15) is 6.10 Å². The fraction of sp³-hybridized carbons (Fsp3) is 0.727. The van der Waals surface area contributed by atoms with Crippen LogP contribution in [-0.2, 0) is 11.2 Å². The van der Waals surface area contributed by atoms with E-state index in [1.54, 1.807) is 0 Å². The third-order valence-corrected chi connectivity index (χ3v) is 6.05. The first-order chi connectivity index (χ1) is 13.6. The molecule has 1 saturated heterocycles. The van der Waals surface area contributed by atoms with Crippen LogP contribution in [0.5, 0.6) is 11.5 Å². The van der Waals surface area contributed by atoms with E-state index in [-0.39, 0.29) is 42.1 Å². The van der Waals surface area contributed by atoms with Crippen LogP contribution in [0.4, 0.5) is 13.2 Å². The molecular weight excluding hydrogens is 383 g/mol. The largest absolute Gasteiger partial charge is 0.493 e. The van der Waals surface area contributed by atoms with Crippen LogP contribution >= 0.6 is 0 Å².